The van der Waals surface area contributed by atoms with Crippen LogP contribution in [0.5, 0.6) is 0 Å². The summed E-state index contributed by atoms with van der Waals surface area (Å²) in [6.07, 6.45) is 11.5. The van der Waals surface area contributed by atoms with Gasteiger partial charge in [-0.25, -0.2) is 0 Å². The summed E-state index contributed by atoms with van der Waals surface area (Å²) < 4.78 is 0. The Bertz CT molecular complexity index is 514. The van der Waals surface area contributed by atoms with Crippen molar-refractivity contribution in [3.63, 3.8) is 0 Å². The summed E-state index contributed by atoms with van der Waals surface area (Å²) >= 11 is 0. The molecule has 3 nitrogen and oxygen atoms in total. The van der Waals surface area contributed by atoms with Crippen LogP contribution in [0.2, 0.25) is 0 Å². The van der Waals surface area contributed by atoms with Gasteiger partial charge in [0, 0.05) is 12.3 Å². The van der Waals surface area contributed by atoms with Crippen LogP contribution in [-0.4, -0.2) is 29.0 Å². The SMILES string of the molecule is CC#CC[C@H](C)[C@H](O)/C=C/[C@@H]1[C@H]2C/C(=C/CCCN)C[C@H]2C[C@H]1O. The molecule has 3 heteroatoms. The second-order valence-electron chi connectivity index (χ2n) is 7.49. The van der Waals surface area contributed by atoms with Crippen molar-refractivity contribution in [2.45, 2.75) is 64.6 Å². The van der Waals surface area contributed by atoms with Gasteiger partial charge in [-0.3, -0.25) is 0 Å². The maximum absolute atomic E-state index is 10.4. The molecule has 134 valence electrons. The molecule has 6 atom stereocenters. The molecule has 2 aliphatic carbocycles. The third kappa shape index (κ3) is 4.96. The van der Waals surface area contributed by atoms with Crippen LogP contribution in [0.1, 0.15) is 52.4 Å². The molecule has 0 aromatic rings. The summed E-state index contributed by atoms with van der Waals surface area (Å²) in [5.41, 5.74) is 7.10. The molecule has 0 heterocycles. The summed E-state index contributed by atoms with van der Waals surface area (Å²) in [5, 5.41) is 20.7. The van der Waals surface area contributed by atoms with Gasteiger partial charge in [-0.15, -0.1) is 11.8 Å². The first-order valence-electron chi connectivity index (χ1n) is 9.38. The molecule has 24 heavy (non-hydrogen) atoms. The largest absolute Gasteiger partial charge is 0.392 e. The van der Waals surface area contributed by atoms with Gasteiger partial charge < -0.3 is 15.9 Å². The molecule has 4 N–H and O–H groups in total. The molecule has 2 fully saturated rings. The number of aliphatic hydroxyl groups excluding tert-OH is 2. The average molecular weight is 332 g/mol. The Hall–Kier alpha value is -1.08. The first-order valence-corrected chi connectivity index (χ1v) is 9.38. The quantitative estimate of drug-likeness (QED) is 0.382. The lowest BCUT2D eigenvalue weighted by Gasteiger charge is -2.19. The molecule has 0 aliphatic heterocycles. The van der Waals surface area contributed by atoms with E-state index in [1.165, 1.54) is 5.57 Å². The third-order valence-corrected chi connectivity index (χ3v) is 5.67. The molecule has 0 saturated heterocycles. The maximum atomic E-state index is 10.4. The van der Waals surface area contributed by atoms with E-state index in [1.54, 1.807) is 0 Å². The van der Waals surface area contributed by atoms with E-state index < -0.39 is 6.10 Å². The van der Waals surface area contributed by atoms with Crippen molar-refractivity contribution in [2.75, 3.05) is 6.54 Å². The maximum Gasteiger partial charge on any atom is 0.0755 e. The number of unbranched alkanes of at least 4 members (excludes halogenated alkanes) is 1. The van der Waals surface area contributed by atoms with Crippen molar-refractivity contribution in [3.8, 4) is 11.8 Å². The topological polar surface area (TPSA) is 66.5 Å². The summed E-state index contributed by atoms with van der Waals surface area (Å²) in [5.74, 6) is 7.32. The number of aliphatic hydroxyl groups is 2. The Kier molecular flexibility index (Phi) is 7.55. The molecule has 0 amide bonds. The minimum Gasteiger partial charge on any atom is -0.392 e. The van der Waals surface area contributed by atoms with Crippen molar-refractivity contribution >= 4 is 0 Å². The molecular formula is C21H33NO2. The smallest absolute Gasteiger partial charge is 0.0755 e. The molecule has 0 bridgehead atoms. The van der Waals surface area contributed by atoms with Crippen LogP contribution in [-0.2, 0) is 0 Å². The van der Waals surface area contributed by atoms with E-state index >= 15 is 0 Å². The summed E-state index contributed by atoms with van der Waals surface area (Å²) in [4.78, 5) is 0. The van der Waals surface area contributed by atoms with Gasteiger partial charge in [0.2, 0.25) is 0 Å². The zero-order valence-corrected chi connectivity index (χ0v) is 15.1. The molecule has 0 aromatic carbocycles. The molecular weight excluding hydrogens is 298 g/mol. The zero-order chi connectivity index (χ0) is 17.5. The third-order valence-electron chi connectivity index (χ3n) is 5.67. The van der Waals surface area contributed by atoms with Crippen molar-refractivity contribution in [3.05, 3.63) is 23.8 Å². The highest BCUT2D eigenvalue weighted by molar-refractivity contribution is 5.18. The Morgan fingerprint density at radius 2 is 2.17 bits per heavy atom. The Morgan fingerprint density at radius 3 is 2.88 bits per heavy atom. The molecule has 0 unspecified atom stereocenters. The van der Waals surface area contributed by atoms with E-state index in [0.29, 0.717) is 18.3 Å². The van der Waals surface area contributed by atoms with Crippen LogP contribution in [0.4, 0.5) is 0 Å². The molecule has 0 radical (unpaired) electrons. The van der Waals surface area contributed by atoms with E-state index in [4.69, 9.17) is 5.73 Å². The minimum atomic E-state index is -0.488. The van der Waals surface area contributed by atoms with E-state index in [-0.39, 0.29) is 17.9 Å². The minimum absolute atomic E-state index is 0.123. The van der Waals surface area contributed by atoms with Crippen LogP contribution in [0.15, 0.2) is 23.8 Å². The highest BCUT2D eigenvalue weighted by Crippen LogP contribution is 2.50. The number of fused-ring (bicyclic) bond motifs is 1. The van der Waals surface area contributed by atoms with E-state index in [0.717, 1.165) is 38.6 Å². The predicted octanol–water partition coefficient (Wildman–Crippen LogP) is 3.03. The Morgan fingerprint density at radius 1 is 1.38 bits per heavy atom. The van der Waals surface area contributed by atoms with Crippen LogP contribution < -0.4 is 5.73 Å². The zero-order valence-electron chi connectivity index (χ0n) is 15.1. The van der Waals surface area contributed by atoms with Crippen molar-refractivity contribution in [1.29, 1.82) is 0 Å². The van der Waals surface area contributed by atoms with Gasteiger partial charge >= 0.3 is 0 Å². The van der Waals surface area contributed by atoms with Gasteiger partial charge in [0.15, 0.2) is 0 Å². The van der Waals surface area contributed by atoms with E-state index in [1.807, 2.05) is 19.9 Å². The molecule has 2 aliphatic rings. The van der Waals surface area contributed by atoms with Gasteiger partial charge in [-0.1, -0.05) is 30.7 Å². The van der Waals surface area contributed by atoms with Gasteiger partial charge in [-0.05, 0) is 63.3 Å². The first-order chi connectivity index (χ1) is 11.6. The number of hydrogen-bond acceptors (Lipinski definition) is 3. The lowest BCUT2D eigenvalue weighted by Crippen LogP contribution is -2.19. The van der Waals surface area contributed by atoms with E-state index in [9.17, 15) is 10.2 Å². The Labute approximate surface area is 147 Å². The number of hydrogen-bond donors (Lipinski definition) is 3. The molecule has 0 aromatic heterocycles. The second-order valence-corrected chi connectivity index (χ2v) is 7.49. The number of rotatable bonds is 7. The first kappa shape index (κ1) is 19.2. The van der Waals surface area contributed by atoms with Crippen LogP contribution in [0, 0.1) is 35.5 Å². The second kappa shape index (κ2) is 9.42. The lowest BCUT2D eigenvalue weighted by molar-refractivity contribution is 0.137. The number of allylic oxidation sites excluding steroid dienone is 2. The van der Waals surface area contributed by atoms with Gasteiger partial charge in [0.1, 0.15) is 0 Å². The molecule has 2 saturated carbocycles. The van der Waals surface area contributed by atoms with Gasteiger partial charge in [0.25, 0.3) is 0 Å². The highest BCUT2D eigenvalue weighted by Gasteiger charge is 2.44. The van der Waals surface area contributed by atoms with Crippen LogP contribution >= 0.6 is 0 Å². The fourth-order valence-electron chi connectivity index (χ4n) is 4.18. The fraction of sp³-hybridized carbons (Fsp3) is 0.714. The van der Waals surface area contributed by atoms with E-state index in [2.05, 4.69) is 24.0 Å². The molecule has 0 spiro atoms. The standard InChI is InChI=1S/C21H33NO2/c1-3-4-7-15(2)20(23)10-9-18-19-13-16(8-5-6-11-22)12-17(19)14-21(18)24/h8-10,15,17-21,23-24H,5-7,11-14,22H2,1-2H3/b10-9+,16-8+/t15-,17-,18+,19-,20+,21+/m0/s1. The van der Waals surface area contributed by atoms with Crippen molar-refractivity contribution < 1.29 is 10.2 Å². The normalized spacial score (nSPS) is 33.5. The van der Waals surface area contributed by atoms with Crippen LogP contribution in [0.3, 0.4) is 0 Å². The molecule has 2 rings (SSSR count). The lowest BCUT2D eigenvalue weighted by atomic mass is 9.89. The van der Waals surface area contributed by atoms with Crippen molar-refractivity contribution in [2.24, 2.45) is 29.4 Å². The highest BCUT2D eigenvalue weighted by atomic mass is 16.3. The monoisotopic (exact) mass is 331 g/mol. The average Bonchev–Trinajstić information content (AvgIpc) is 3.07. The number of nitrogens with two attached hydrogens (primary N) is 1. The van der Waals surface area contributed by atoms with Gasteiger partial charge in [0.05, 0.1) is 12.2 Å². The predicted molar refractivity (Wildman–Crippen MR) is 99.1 cm³/mol. The summed E-state index contributed by atoms with van der Waals surface area (Å²) in [6, 6.07) is 0. The summed E-state index contributed by atoms with van der Waals surface area (Å²) in [6.45, 7) is 4.59. The Balaban J connectivity index is 1.93. The fourth-order valence-corrected chi connectivity index (χ4v) is 4.18. The van der Waals surface area contributed by atoms with Crippen molar-refractivity contribution in [1.82, 2.24) is 0 Å². The van der Waals surface area contributed by atoms with Crippen LogP contribution in [0.25, 0.3) is 0 Å². The van der Waals surface area contributed by atoms with Gasteiger partial charge in [-0.2, -0.15) is 0 Å². The summed E-state index contributed by atoms with van der Waals surface area (Å²) in [7, 11) is 0.